The first kappa shape index (κ1) is 17.1. The summed E-state index contributed by atoms with van der Waals surface area (Å²) in [5.41, 5.74) is 3.25. The monoisotopic (exact) mass is 343 g/mol. The number of phenolic OH excluding ortho intramolecular Hbond substituents is 1. The zero-order valence-electron chi connectivity index (χ0n) is 14.5. The highest BCUT2D eigenvalue weighted by Crippen LogP contribution is 2.44. The molecule has 1 atom stereocenters. The lowest BCUT2D eigenvalue weighted by Crippen LogP contribution is -2.34. The van der Waals surface area contributed by atoms with Crippen LogP contribution in [0.25, 0.3) is 0 Å². The van der Waals surface area contributed by atoms with Gasteiger partial charge >= 0.3 is 5.97 Å². The average Bonchev–Trinajstić information content (AvgIpc) is 2.60. The molecule has 0 bridgehead atoms. The second-order valence-electron chi connectivity index (χ2n) is 6.19. The van der Waals surface area contributed by atoms with Crippen molar-refractivity contribution in [3.8, 4) is 11.5 Å². The molecule has 0 aromatic heterocycles. The number of methoxy groups -OCH3 is 2. The summed E-state index contributed by atoms with van der Waals surface area (Å²) < 4.78 is 10.1. The van der Waals surface area contributed by atoms with E-state index >= 15 is 0 Å². The number of nitrogens with one attached hydrogen (secondary N) is 1. The molecule has 1 heterocycles. The van der Waals surface area contributed by atoms with Crippen LogP contribution in [0.1, 0.15) is 37.7 Å². The van der Waals surface area contributed by atoms with Crippen LogP contribution in [-0.4, -0.2) is 31.1 Å². The van der Waals surface area contributed by atoms with Gasteiger partial charge in [-0.3, -0.25) is 4.79 Å². The number of ether oxygens (including phenoxy) is 2. The summed E-state index contributed by atoms with van der Waals surface area (Å²) in [4.78, 5) is 25.1. The fourth-order valence-electron chi connectivity index (χ4n) is 3.57. The Morgan fingerprint density at radius 1 is 1.28 bits per heavy atom. The molecule has 132 valence electrons. The van der Waals surface area contributed by atoms with E-state index in [0.29, 0.717) is 34.6 Å². The van der Waals surface area contributed by atoms with Gasteiger partial charge in [0.1, 0.15) is 0 Å². The molecule has 6 heteroatoms. The molecular formula is C19H21NO5. The van der Waals surface area contributed by atoms with E-state index in [0.717, 1.165) is 18.5 Å². The molecule has 1 unspecified atom stereocenters. The van der Waals surface area contributed by atoms with Crippen LogP contribution >= 0.6 is 0 Å². The van der Waals surface area contributed by atoms with E-state index in [-0.39, 0.29) is 11.5 Å². The number of carbonyl (C=O) groups is 2. The van der Waals surface area contributed by atoms with E-state index in [1.165, 1.54) is 20.3 Å². The number of phenols is 1. The Bertz CT molecular complexity index is 806. The molecule has 2 aliphatic rings. The highest BCUT2D eigenvalue weighted by molar-refractivity contribution is 6.03. The number of Topliss-reactive ketones (excluding diaryl/α,β-unsaturated/α-hetero) is 1. The van der Waals surface area contributed by atoms with Crippen LogP contribution < -0.4 is 10.1 Å². The van der Waals surface area contributed by atoms with E-state index in [4.69, 9.17) is 9.47 Å². The van der Waals surface area contributed by atoms with E-state index in [9.17, 15) is 14.7 Å². The zero-order chi connectivity index (χ0) is 18.1. The fourth-order valence-corrected chi connectivity index (χ4v) is 3.57. The van der Waals surface area contributed by atoms with Crippen molar-refractivity contribution in [3.05, 3.63) is 46.3 Å². The van der Waals surface area contributed by atoms with Crippen molar-refractivity contribution in [1.82, 2.24) is 5.32 Å². The number of hydrogen-bond donors (Lipinski definition) is 2. The first-order valence-electron chi connectivity index (χ1n) is 8.17. The molecule has 0 radical (unpaired) electrons. The van der Waals surface area contributed by atoms with Crippen molar-refractivity contribution in [1.29, 1.82) is 0 Å². The highest BCUT2D eigenvalue weighted by atomic mass is 16.5. The molecule has 3 rings (SSSR count). The number of allylic oxidation sites excluding steroid dienone is 3. The predicted octanol–water partition coefficient (Wildman–Crippen LogP) is 2.54. The molecule has 1 aliphatic heterocycles. The molecule has 1 aromatic carbocycles. The molecule has 2 N–H and O–H groups in total. The average molecular weight is 343 g/mol. The van der Waals surface area contributed by atoms with Crippen molar-refractivity contribution >= 4 is 11.8 Å². The molecule has 0 saturated heterocycles. The number of dihydropyridines is 1. The highest BCUT2D eigenvalue weighted by Gasteiger charge is 2.39. The largest absolute Gasteiger partial charge is 0.504 e. The van der Waals surface area contributed by atoms with Crippen molar-refractivity contribution in [2.24, 2.45) is 0 Å². The maximum Gasteiger partial charge on any atom is 0.336 e. The van der Waals surface area contributed by atoms with Crippen molar-refractivity contribution in [2.45, 2.75) is 32.1 Å². The minimum atomic E-state index is -0.536. The van der Waals surface area contributed by atoms with Gasteiger partial charge in [0.05, 0.1) is 19.8 Å². The summed E-state index contributed by atoms with van der Waals surface area (Å²) in [5, 5.41) is 13.1. The fraction of sp³-hybridized carbons (Fsp3) is 0.368. The third-order valence-electron chi connectivity index (χ3n) is 4.72. The summed E-state index contributed by atoms with van der Waals surface area (Å²) in [6, 6.07) is 4.87. The lowest BCUT2D eigenvalue weighted by atomic mass is 9.75. The van der Waals surface area contributed by atoms with Gasteiger partial charge < -0.3 is 19.9 Å². The van der Waals surface area contributed by atoms with Crippen LogP contribution in [0.4, 0.5) is 0 Å². The van der Waals surface area contributed by atoms with Gasteiger partial charge in [-0.2, -0.15) is 0 Å². The number of ketones is 1. The van der Waals surface area contributed by atoms with Gasteiger partial charge in [-0.15, -0.1) is 0 Å². The smallest absolute Gasteiger partial charge is 0.336 e. The number of rotatable bonds is 3. The number of esters is 1. The van der Waals surface area contributed by atoms with Gasteiger partial charge in [-0.25, -0.2) is 4.79 Å². The molecule has 0 fully saturated rings. The maximum atomic E-state index is 12.6. The van der Waals surface area contributed by atoms with Crippen LogP contribution in [0, 0.1) is 0 Å². The Morgan fingerprint density at radius 3 is 2.72 bits per heavy atom. The van der Waals surface area contributed by atoms with Crippen molar-refractivity contribution in [2.75, 3.05) is 14.2 Å². The summed E-state index contributed by atoms with van der Waals surface area (Å²) in [7, 11) is 2.78. The molecule has 0 saturated carbocycles. The lowest BCUT2D eigenvalue weighted by Gasteiger charge is -2.34. The number of aromatic hydroxyl groups is 1. The van der Waals surface area contributed by atoms with Gasteiger partial charge in [-0.05, 0) is 37.5 Å². The minimum Gasteiger partial charge on any atom is -0.504 e. The Balaban J connectivity index is 2.21. The third kappa shape index (κ3) is 2.88. The summed E-state index contributed by atoms with van der Waals surface area (Å²) in [6.45, 7) is 1.81. The van der Waals surface area contributed by atoms with Crippen molar-refractivity contribution in [3.63, 3.8) is 0 Å². The Kier molecular flexibility index (Phi) is 4.53. The van der Waals surface area contributed by atoms with Gasteiger partial charge in [-0.1, -0.05) is 6.07 Å². The van der Waals surface area contributed by atoms with Gasteiger partial charge in [0, 0.05) is 29.3 Å². The van der Waals surface area contributed by atoms with Crippen LogP contribution in [0.5, 0.6) is 11.5 Å². The van der Waals surface area contributed by atoms with Gasteiger partial charge in [0.25, 0.3) is 0 Å². The Hall–Kier alpha value is -2.76. The Labute approximate surface area is 146 Å². The van der Waals surface area contributed by atoms with E-state index in [2.05, 4.69) is 5.32 Å². The van der Waals surface area contributed by atoms with Crippen LogP contribution in [0.15, 0.2) is 40.7 Å². The normalized spacial score (nSPS) is 20.1. The first-order chi connectivity index (χ1) is 12.0. The third-order valence-corrected chi connectivity index (χ3v) is 4.72. The molecule has 1 aromatic rings. The van der Waals surface area contributed by atoms with E-state index in [1.807, 2.05) is 0 Å². The van der Waals surface area contributed by atoms with Crippen molar-refractivity contribution < 1.29 is 24.2 Å². The topological polar surface area (TPSA) is 84.9 Å². The van der Waals surface area contributed by atoms with E-state index in [1.54, 1.807) is 19.1 Å². The quantitative estimate of drug-likeness (QED) is 0.821. The molecule has 6 nitrogen and oxygen atoms in total. The lowest BCUT2D eigenvalue weighted by molar-refractivity contribution is -0.136. The number of hydrogen-bond acceptors (Lipinski definition) is 6. The summed E-state index contributed by atoms with van der Waals surface area (Å²) in [5.74, 6) is -0.689. The van der Waals surface area contributed by atoms with Crippen LogP contribution in [-0.2, 0) is 14.3 Å². The summed E-state index contributed by atoms with van der Waals surface area (Å²) >= 11 is 0. The molecule has 0 amide bonds. The number of benzene rings is 1. The molecule has 0 spiro atoms. The van der Waals surface area contributed by atoms with Gasteiger partial charge in [0.15, 0.2) is 17.3 Å². The second kappa shape index (κ2) is 6.63. The number of carbonyl (C=O) groups excluding carboxylic acids is 2. The maximum absolute atomic E-state index is 12.6. The molecule has 1 aliphatic carbocycles. The second-order valence-corrected chi connectivity index (χ2v) is 6.19. The van der Waals surface area contributed by atoms with Crippen LogP contribution in [0.2, 0.25) is 0 Å². The van der Waals surface area contributed by atoms with E-state index < -0.39 is 11.9 Å². The SMILES string of the molecule is COC(=O)C1=C(C)NC2=C(C(=O)CCC2)C1c1ccc(O)c(OC)c1. The molecule has 25 heavy (non-hydrogen) atoms. The predicted molar refractivity (Wildman–Crippen MR) is 91.1 cm³/mol. The summed E-state index contributed by atoms with van der Waals surface area (Å²) in [6.07, 6.45) is 2.01. The molecular weight excluding hydrogens is 322 g/mol. The Morgan fingerprint density at radius 2 is 2.04 bits per heavy atom. The zero-order valence-corrected chi connectivity index (χ0v) is 14.5. The standard InChI is InChI=1S/C19H21NO5/c1-10-16(19(23)25-3)17(11-7-8-13(21)15(9-11)24-2)18-12(20-10)5-4-6-14(18)22/h7-9,17,20-21H,4-6H2,1-3H3. The minimum absolute atomic E-state index is 0.00433. The van der Waals surface area contributed by atoms with Gasteiger partial charge in [0.2, 0.25) is 0 Å². The van der Waals surface area contributed by atoms with Crippen LogP contribution in [0.3, 0.4) is 0 Å². The first-order valence-corrected chi connectivity index (χ1v) is 8.17.